The maximum Gasteiger partial charge on any atom is 0.241 e. The van der Waals surface area contributed by atoms with E-state index in [0.717, 1.165) is 25.7 Å². The number of piperidine rings is 1. The van der Waals surface area contributed by atoms with Crippen LogP contribution in [0.3, 0.4) is 0 Å². The molecule has 2 rings (SSSR count). The molecule has 3 unspecified atom stereocenters. The quantitative estimate of drug-likeness (QED) is 0.767. The van der Waals surface area contributed by atoms with E-state index in [2.05, 4.69) is 13.8 Å². The van der Waals surface area contributed by atoms with Crippen molar-refractivity contribution < 1.29 is 13.2 Å². The first-order chi connectivity index (χ1) is 8.82. The van der Waals surface area contributed by atoms with Gasteiger partial charge in [0, 0.05) is 18.6 Å². The molecule has 2 saturated heterocycles. The van der Waals surface area contributed by atoms with Crippen LogP contribution in [0.1, 0.15) is 46.0 Å². The van der Waals surface area contributed by atoms with Crippen molar-refractivity contribution >= 4 is 15.9 Å². The minimum absolute atomic E-state index is 0.00243. The molecule has 0 radical (unpaired) electrons. The highest BCUT2D eigenvalue weighted by atomic mass is 32.2. The van der Waals surface area contributed by atoms with E-state index in [0.29, 0.717) is 13.0 Å². The lowest BCUT2D eigenvalue weighted by atomic mass is 9.96. The minimum Gasteiger partial charge on any atom is -0.336 e. The number of likely N-dealkylation sites (tertiary alicyclic amines) is 1. The van der Waals surface area contributed by atoms with Crippen LogP contribution in [0.25, 0.3) is 0 Å². The predicted molar refractivity (Wildman–Crippen MR) is 74.2 cm³/mol. The number of rotatable bonds is 2. The summed E-state index contributed by atoms with van der Waals surface area (Å²) in [6, 6.07) is -0.0329. The van der Waals surface area contributed by atoms with E-state index in [9.17, 15) is 13.2 Å². The van der Waals surface area contributed by atoms with Gasteiger partial charge in [0.2, 0.25) is 15.9 Å². The third kappa shape index (κ3) is 2.94. The fourth-order valence-corrected chi connectivity index (χ4v) is 4.53. The van der Waals surface area contributed by atoms with E-state index in [1.807, 2.05) is 4.90 Å². The van der Waals surface area contributed by atoms with Crippen molar-refractivity contribution in [3.05, 3.63) is 0 Å². The molecular weight excluding hydrogens is 264 g/mol. The topological polar surface area (TPSA) is 57.7 Å². The SMILES string of the molecule is CC1CCCC(C)N1C(=O)C1CCCN1S(C)(=O)=O. The average Bonchev–Trinajstić information content (AvgIpc) is 2.76. The van der Waals surface area contributed by atoms with Gasteiger partial charge in [0.15, 0.2) is 0 Å². The number of nitrogens with zero attached hydrogens (tertiary/aromatic N) is 2. The van der Waals surface area contributed by atoms with Gasteiger partial charge in [-0.25, -0.2) is 8.42 Å². The fourth-order valence-electron chi connectivity index (χ4n) is 3.41. The number of carbonyl (C=O) groups is 1. The van der Waals surface area contributed by atoms with E-state index in [-0.39, 0.29) is 18.0 Å². The van der Waals surface area contributed by atoms with Crippen LogP contribution in [0.4, 0.5) is 0 Å². The Bertz CT molecular complexity index is 439. The molecule has 0 aliphatic carbocycles. The van der Waals surface area contributed by atoms with Crippen molar-refractivity contribution in [2.24, 2.45) is 0 Å². The molecule has 0 aromatic rings. The highest BCUT2D eigenvalue weighted by Gasteiger charge is 2.41. The third-order valence-electron chi connectivity index (χ3n) is 4.36. The molecule has 110 valence electrons. The monoisotopic (exact) mass is 288 g/mol. The summed E-state index contributed by atoms with van der Waals surface area (Å²) in [7, 11) is -3.28. The Hall–Kier alpha value is -0.620. The van der Waals surface area contributed by atoms with Gasteiger partial charge in [-0.1, -0.05) is 0 Å². The second kappa shape index (κ2) is 5.40. The molecule has 2 fully saturated rings. The predicted octanol–water partition coefficient (Wildman–Crippen LogP) is 1.20. The number of hydrogen-bond acceptors (Lipinski definition) is 3. The number of carbonyl (C=O) groups excluding carboxylic acids is 1. The summed E-state index contributed by atoms with van der Waals surface area (Å²) in [5.41, 5.74) is 0. The molecule has 3 atom stereocenters. The number of hydrogen-bond donors (Lipinski definition) is 0. The van der Waals surface area contributed by atoms with Crippen LogP contribution >= 0.6 is 0 Å². The molecule has 5 nitrogen and oxygen atoms in total. The van der Waals surface area contributed by atoms with Crippen molar-refractivity contribution in [2.75, 3.05) is 12.8 Å². The van der Waals surface area contributed by atoms with Gasteiger partial charge in [-0.15, -0.1) is 0 Å². The number of amides is 1. The van der Waals surface area contributed by atoms with E-state index in [1.165, 1.54) is 10.6 Å². The molecule has 6 heteroatoms. The van der Waals surface area contributed by atoms with Gasteiger partial charge in [0.1, 0.15) is 6.04 Å². The largest absolute Gasteiger partial charge is 0.336 e. The molecule has 0 saturated carbocycles. The molecular formula is C13H24N2O3S. The molecule has 0 N–H and O–H groups in total. The zero-order valence-electron chi connectivity index (χ0n) is 12.0. The smallest absolute Gasteiger partial charge is 0.241 e. The highest BCUT2D eigenvalue weighted by Crippen LogP contribution is 2.28. The van der Waals surface area contributed by atoms with Crippen LogP contribution in [0.15, 0.2) is 0 Å². The van der Waals surface area contributed by atoms with Crippen molar-refractivity contribution in [1.29, 1.82) is 0 Å². The Labute approximate surface area is 116 Å². The van der Waals surface area contributed by atoms with Crippen molar-refractivity contribution in [3.63, 3.8) is 0 Å². The number of sulfonamides is 1. The summed E-state index contributed by atoms with van der Waals surface area (Å²) in [5.74, 6) is 0.00243. The Balaban J connectivity index is 2.18. The molecule has 19 heavy (non-hydrogen) atoms. The van der Waals surface area contributed by atoms with Crippen LogP contribution in [0.2, 0.25) is 0 Å². The van der Waals surface area contributed by atoms with E-state index in [1.54, 1.807) is 0 Å². The van der Waals surface area contributed by atoms with E-state index < -0.39 is 16.1 Å². The normalized spacial score (nSPS) is 33.6. The van der Waals surface area contributed by atoms with Gasteiger partial charge in [-0.3, -0.25) is 4.79 Å². The lowest BCUT2D eigenvalue weighted by molar-refractivity contribution is -0.140. The van der Waals surface area contributed by atoms with Crippen LogP contribution in [-0.4, -0.2) is 54.5 Å². The first kappa shape index (κ1) is 14.8. The van der Waals surface area contributed by atoms with Gasteiger partial charge in [-0.05, 0) is 46.0 Å². The average molecular weight is 288 g/mol. The first-order valence-corrected chi connectivity index (χ1v) is 8.96. The van der Waals surface area contributed by atoms with Crippen LogP contribution in [0, 0.1) is 0 Å². The Kier molecular flexibility index (Phi) is 4.20. The molecule has 0 spiro atoms. The maximum absolute atomic E-state index is 12.7. The summed E-state index contributed by atoms with van der Waals surface area (Å²) >= 11 is 0. The molecule has 2 aliphatic rings. The molecule has 2 heterocycles. The standard InChI is InChI=1S/C13H24N2O3S/c1-10-6-4-7-11(2)15(10)13(16)12-8-5-9-14(12)19(3,17)18/h10-12H,4-9H2,1-3H3. The van der Waals surface area contributed by atoms with Crippen molar-refractivity contribution in [2.45, 2.75) is 64.1 Å². The van der Waals surface area contributed by atoms with Gasteiger partial charge in [-0.2, -0.15) is 4.31 Å². The minimum atomic E-state index is -3.28. The summed E-state index contributed by atoms with van der Waals surface area (Å²) in [4.78, 5) is 14.6. The zero-order valence-corrected chi connectivity index (χ0v) is 12.8. The Morgan fingerprint density at radius 1 is 1.05 bits per heavy atom. The third-order valence-corrected chi connectivity index (χ3v) is 5.65. The second-order valence-electron chi connectivity index (χ2n) is 5.91. The molecule has 0 aromatic carbocycles. The summed E-state index contributed by atoms with van der Waals surface area (Å²) in [5, 5.41) is 0. The van der Waals surface area contributed by atoms with Crippen molar-refractivity contribution in [3.8, 4) is 0 Å². The lowest BCUT2D eigenvalue weighted by Crippen LogP contribution is -2.54. The molecule has 1 amide bonds. The fraction of sp³-hybridized carbons (Fsp3) is 0.923. The van der Waals surface area contributed by atoms with Gasteiger partial charge in [0.05, 0.1) is 6.26 Å². The molecule has 0 aromatic heterocycles. The van der Waals surface area contributed by atoms with Crippen LogP contribution in [0.5, 0.6) is 0 Å². The van der Waals surface area contributed by atoms with Crippen LogP contribution in [-0.2, 0) is 14.8 Å². The van der Waals surface area contributed by atoms with E-state index in [4.69, 9.17) is 0 Å². The zero-order chi connectivity index (χ0) is 14.2. The Morgan fingerprint density at radius 2 is 1.63 bits per heavy atom. The van der Waals surface area contributed by atoms with Crippen molar-refractivity contribution in [1.82, 2.24) is 9.21 Å². The summed E-state index contributed by atoms with van der Waals surface area (Å²) < 4.78 is 24.9. The highest BCUT2D eigenvalue weighted by molar-refractivity contribution is 7.88. The van der Waals surface area contributed by atoms with E-state index >= 15 is 0 Å². The van der Waals surface area contributed by atoms with Gasteiger partial charge in [0.25, 0.3) is 0 Å². The lowest BCUT2D eigenvalue weighted by Gasteiger charge is -2.41. The second-order valence-corrected chi connectivity index (χ2v) is 7.84. The summed E-state index contributed by atoms with van der Waals surface area (Å²) in [6.07, 6.45) is 5.81. The first-order valence-electron chi connectivity index (χ1n) is 7.11. The molecule has 0 bridgehead atoms. The van der Waals surface area contributed by atoms with Crippen LogP contribution < -0.4 is 0 Å². The Morgan fingerprint density at radius 3 is 2.16 bits per heavy atom. The van der Waals surface area contributed by atoms with Gasteiger partial charge < -0.3 is 4.90 Å². The summed E-state index contributed by atoms with van der Waals surface area (Å²) in [6.45, 7) is 4.60. The van der Waals surface area contributed by atoms with Gasteiger partial charge >= 0.3 is 0 Å². The maximum atomic E-state index is 12.7. The molecule has 2 aliphatic heterocycles.